The van der Waals surface area contributed by atoms with E-state index in [9.17, 15) is 4.79 Å². The minimum atomic E-state index is -0.452. The molecule has 4 nitrogen and oxygen atoms in total. The summed E-state index contributed by atoms with van der Waals surface area (Å²) < 4.78 is 9.69. The van der Waals surface area contributed by atoms with Crippen molar-refractivity contribution in [1.29, 1.82) is 0 Å². The van der Waals surface area contributed by atoms with Gasteiger partial charge in [-0.1, -0.05) is 0 Å². The van der Waals surface area contributed by atoms with E-state index in [1.807, 2.05) is 16.8 Å². The molecule has 5 heteroatoms. The fourth-order valence-corrected chi connectivity index (χ4v) is 1.92. The van der Waals surface area contributed by atoms with Gasteiger partial charge in [-0.05, 0) is 17.5 Å². The number of methoxy groups -OCH3 is 1. The van der Waals surface area contributed by atoms with Gasteiger partial charge in [0.25, 0.3) is 0 Å². The minimum Gasteiger partial charge on any atom is -0.463 e. The van der Waals surface area contributed by atoms with E-state index in [1.165, 1.54) is 13.4 Å². The van der Waals surface area contributed by atoms with Gasteiger partial charge in [0.2, 0.25) is 5.76 Å². The maximum absolute atomic E-state index is 11.3. The van der Waals surface area contributed by atoms with E-state index in [1.54, 1.807) is 17.4 Å². The topological polar surface area (TPSA) is 51.5 Å². The molecule has 0 atom stereocenters. The monoisotopic (exact) mass is 237 g/mol. The highest BCUT2D eigenvalue weighted by Gasteiger charge is 2.15. The SMILES string of the molecule is COC(=O)c1occc1CNc1ccsc1. The molecule has 2 aromatic heterocycles. The summed E-state index contributed by atoms with van der Waals surface area (Å²) in [6.45, 7) is 0.539. The van der Waals surface area contributed by atoms with E-state index in [4.69, 9.17) is 4.42 Å². The number of furan rings is 1. The van der Waals surface area contributed by atoms with Gasteiger partial charge >= 0.3 is 5.97 Å². The fraction of sp³-hybridized carbons (Fsp3) is 0.182. The quantitative estimate of drug-likeness (QED) is 0.831. The van der Waals surface area contributed by atoms with Crippen LogP contribution in [-0.2, 0) is 11.3 Å². The summed E-state index contributed by atoms with van der Waals surface area (Å²) in [6.07, 6.45) is 1.48. The number of esters is 1. The lowest BCUT2D eigenvalue weighted by Crippen LogP contribution is -2.06. The number of anilines is 1. The number of hydrogen-bond acceptors (Lipinski definition) is 5. The Kier molecular flexibility index (Phi) is 3.26. The minimum absolute atomic E-state index is 0.255. The van der Waals surface area contributed by atoms with Crippen LogP contribution in [0.1, 0.15) is 16.1 Å². The van der Waals surface area contributed by atoms with Crippen molar-refractivity contribution < 1.29 is 13.9 Å². The molecule has 0 aliphatic carbocycles. The van der Waals surface area contributed by atoms with Gasteiger partial charge in [0, 0.05) is 23.2 Å². The highest BCUT2D eigenvalue weighted by molar-refractivity contribution is 7.08. The van der Waals surface area contributed by atoms with Gasteiger partial charge in [0.15, 0.2) is 0 Å². The van der Waals surface area contributed by atoms with Crippen LogP contribution in [0.2, 0.25) is 0 Å². The highest BCUT2D eigenvalue weighted by Crippen LogP contribution is 2.16. The Hall–Kier alpha value is -1.75. The smallest absolute Gasteiger partial charge is 0.374 e. The predicted octanol–water partition coefficient (Wildman–Crippen LogP) is 2.74. The Morgan fingerprint density at radius 2 is 2.44 bits per heavy atom. The van der Waals surface area contributed by atoms with Crippen molar-refractivity contribution in [1.82, 2.24) is 0 Å². The molecule has 1 N–H and O–H groups in total. The second kappa shape index (κ2) is 4.85. The summed E-state index contributed by atoms with van der Waals surface area (Å²) in [6, 6.07) is 3.73. The van der Waals surface area contributed by atoms with Crippen molar-refractivity contribution in [3.63, 3.8) is 0 Å². The van der Waals surface area contributed by atoms with Crippen molar-refractivity contribution >= 4 is 23.0 Å². The summed E-state index contributed by atoms with van der Waals surface area (Å²) in [5, 5.41) is 7.17. The number of hydrogen-bond donors (Lipinski definition) is 1. The third-order valence-corrected chi connectivity index (χ3v) is 2.80. The summed E-state index contributed by atoms with van der Waals surface area (Å²) in [7, 11) is 1.33. The van der Waals surface area contributed by atoms with Crippen molar-refractivity contribution in [3.05, 3.63) is 40.5 Å². The average molecular weight is 237 g/mol. The Morgan fingerprint density at radius 1 is 1.56 bits per heavy atom. The summed E-state index contributed by atoms with van der Waals surface area (Å²) in [5.41, 5.74) is 1.82. The lowest BCUT2D eigenvalue weighted by molar-refractivity contribution is 0.0563. The molecule has 2 rings (SSSR count). The van der Waals surface area contributed by atoms with Crippen molar-refractivity contribution in [2.24, 2.45) is 0 Å². The first kappa shape index (κ1) is 10.8. The van der Waals surface area contributed by atoms with Crippen LogP contribution >= 0.6 is 11.3 Å². The van der Waals surface area contributed by atoms with E-state index in [0.29, 0.717) is 6.54 Å². The first-order chi connectivity index (χ1) is 7.81. The van der Waals surface area contributed by atoms with E-state index in [0.717, 1.165) is 11.3 Å². The second-order valence-electron chi connectivity index (χ2n) is 3.13. The van der Waals surface area contributed by atoms with Crippen LogP contribution in [0.5, 0.6) is 0 Å². The van der Waals surface area contributed by atoms with Gasteiger partial charge < -0.3 is 14.5 Å². The van der Waals surface area contributed by atoms with Crippen molar-refractivity contribution in [3.8, 4) is 0 Å². The van der Waals surface area contributed by atoms with Gasteiger partial charge in [-0.25, -0.2) is 4.79 Å². The Morgan fingerprint density at radius 3 is 3.12 bits per heavy atom. The summed E-state index contributed by atoms with van der Waals surface area (Å²) in [4.78, 5) is 11.3. The first-order valence-electron chi connectivity index (χ1n) is 4.72. The first-order valence-corrected chi connectivity index (χ1v) is 5.66. The molecule has 84 valence electrons. The average Bonchev–Trinajstić information content (AvgIpc) is 2.96. The lowest BCUT2D eigenvalue weighted by Gasteiger charge is -2.03. The Labute approximate surface area is 96.8 Å². The van der Waals surface area contributed by atoms with E-state index in [2.05, 4.69) is 10.1 Å². The maximum atomic E-state index is 11.3. The van der Waals surface area contributed by atoms with Crippen molar-refractivity contribution in [2.45, 2.75) is 6.54 Å². The third kappa shape index (κ3) is 2.25. The molecular weight excluding hydrogens is 226 g/mol. The van der Waals surface area contributed by atoms with Gasteiger partial charge in [0.1, 0.15) is 0 Å². The fourth-order valence-electron chi connectivity index (χ4n) is 1.31. The van der Waals surface area contributed by atoms with Gasteiger partial charge in [0.05, 0.1) is 13.4 Å². The molecule has 0 radical (unpaired) electrons. The van der Waals surface area contributed by atoms with Crippen LogP contribution in [-0.4, -0.2) is 13.1 Å². The molecule has 0 unspecified atom stereocenters. The van der Waals surface area contributed by atoms with Crippen LogP contribution in [0.3, 0.4) is 0 Å². The van der Waals surface area contributed by atoms with Crippen LogP contribution in [0.25, 0.3) is 0 Å². The Bertz CT molecular complexity index is 461. The molecule has 2 aromatic rings. The highest BCUT2D eigenvalue weighted by atomic mass is 32.1. The number of carbonyl (C=O) groups is 1. The van der Waals surface area contributed by atoms with Crippen LogP contribution in [0.4, 0.5) is 5.69 Å². The van der Waals surface area contributed by atoms with E-state index in [-0.39, 0.29) is 5.76 Å². The lowest BCUT2D eigenvalue weighted by atomic mass is 10.2. The third-order valence-electron chi connectivity index (χ3n) is 2.12. The number of nitrogens with one attached hydrogen (secondary N) is 1. The Balaban J connectivity index is 2.04. The van der Waals surface area contributed by atoms with Crippen LogP contribution in [0, 0.1) is 0 Å². The molecule has 0 amide bonds. The molecular formula is C11H11NO3S. The molecule has 0 bridgehead atoms. The molecule has 0 aromatic carbocycles. The summed E-state index contributed by atoms with van der Waals surface area (Å²) >= 11 is 1.61. The maximum Gasteiger partial charge on any atom is 0.374 e. The molecule has 0 aliphatic rings. The standard InChI is InChI=1S/C11H11NO3S/c1-14-11(13)10-8(2-4-15-10)6-12-9-3-5-16-7-9/h2-5,7,12H,6H2,1H3. The largest absolute Gasteiger partial charge is 0.463 e. The van der Waals surface area contributed by atoms with E-state index >= 15 is 0 Å². The second-order valence-corrected chi connectivity index (χ2v) is 3.91. The molecule has 0 spiro atoms. The zero-order chi connectivity index (χ0) is 11.4. The summed E-state index contributed by atoms with van der Waals surface area (Å²) in [5.74, 6) is -0.197. The molecule has 2 heterocycles. The number of ether oxygens (including phenoxy) is 1. The van der Waals surface area contributed by atoms with Gasteiger partial charge in [-0.2, -0.15) is 11.3 Å². The van der Waals surface area contributed by atoms with Gasteiger partial charge in [-0.15, -0.1) is 0 Å². The molecule has 0 saturated heterocycles. The number of thiophene rings is 1. The van der Waals surface area contributed by atoms with Crippen LogP contribution < -0.4 is 5.32 Å². The number of rotatable bonds is 4. The van der Waals surface area contributed by atoms with E-state index < -0.39 is 5.97 Å². The zero-order valence-corrected chi connectivity index (χ0v) is 9.54. The van der Waals surface area contributed by atoms with Crippen molar-refractivity contribution in [2.75, 3.05) is 12.4 Å². The normalized spacial score (nSPS) is 10.1. The molecule has 16 heavy (non-hydrogen) atoms. The zero-order valence-electron chi connectivity index (χ0n) is 8.73. The predicted molar refractivity (Wildman–Crippen MR) is 61.7 cm³/mol. The molecule has 0 aliphatic heterocycles. The van der Waals surface area contributed by atoms with Gasteiger partial charge in [-0.3, -0.25) is 0 Å². The molecule has 0 saturated carbocycles. The molecule has 0 fully saturated rings. The number of carbonyl (C=O) groups excluding carboxylic acids is 1. The van der Waals surface area contributed by atoms with Crippen LogP contribution in [0.15, 0.2) is 33.6 Å².